The van der Waals surface area contributed by atoms with E-state index in [1.54, 1.807) is 17.0 Å². The molecule has 7 heteroatoms. The van der Waals surface area contributed by atoms with Crippen LogP contribution in [0.1, 0.15) is 5.69 Å². The van der Waals surface area contributed by atoms with E-state index < -0.39 is 11.9 Å². The number of alkyl halides is 3. The minimum atomic E-state index is -4.52. The van der Waals surface area contributed by atoms with Crippen molar-refractivity contribution in [2.75, 3.05) is 18.0 Å². The lowest BCUT2D eigenvalue weighted by Gasteiger charge is -2.39. The number of nitrogens with two attached hydrogens (primary N) is 1. The van der Waals surface area contributed by atoms with E-state index in [-0.39, 0.29) is 17.0 Å². The van der Waals surface area contributed by atoms with Gasteiger partial charge in [0, 0.05) is 19.1 Å². The van der Waals surface area contributed by atoms with Crippen molar-refractivity contribution < 1.29 is 17.7 Å². The second-order valence-corrected chi connectivity index (χ2v) is 4.34. The maximum Gasteiger partial charge on any atom is 0.437 e. The first kappa shape index (κ1) is 11.3. The number of rotatable bonds is 1. The zero-order chi connectivity index (χ0) is 12.9. The van der Waals surface area contributed by atoms with E-state index in [1.165, 1.54) is 6.07 Å². The Bertz CT molecular complexity index is 587. The van der Waals surface area contributed by atoms with E-state index in [0.717, 1.165) is 0 Å². The third-order valence-electron chi connectivity index (χ3n) is 3.00. The van der Waals surface area contributed by atoms with Gasteiger partial charge < -0.3 is 15.2 Å². The summed E-state index contributed by atoms with van der Waals surface area (Å²) >= 11 is 0. The van der Waals surface area contributed by atoms with E-state index in [4.69, 9.17) is 10.3 Å². The highest BCUT2D eigenvalue weighted by Crippen LogP contribution is 2.39. The maximum absolute atomic E-state index is 12.8. The Morgan fingerprint density at radius 3 is 2.67 bits per heavy atom. The summed E-state index contributed by atoms with van der Waals surface area (Å²) in [7, 11) is 0. The predicted octanol–water partition coefficient (Wildman–Crippen LogP) is 1.99. The van der Waals surface area contributed by atoms with Crippen LogP contribution in [0.4, 0.5) is 18.9 Å². The molecule has 2 aromatic rings. The minimum absolute atomic E-state index is 0.00875. The van der Waals surface area contributed by atoms with Gasteiger partial charge in [0.05, 0.1) is 11.1 Å². The normalized spacial score (nSPS) is 17.2. The Kier molecular flexibility index (Phi) is 2.28. The van der Waals surface area contributed by atoms with Gasteiger partial charge in [-0.15, -0.1) is 0 Å². The molecule has 96 valence electrons. The fraction of sp³-hybridized carbons (Fsp3) is 0.364. The summed E-state index contributed by atoms with van der Waals surface area (Å²) in [5.74, 6) is 0. The monoisotopic (exact) mass is 257 g/mol. The highest BCUT2D eigenvalue weighted by Gasteiger charge is 2.39. The molecule has 3 rings (SSSR count). The molecule has 1 aliphatic rings. The molecule has 0 bridgehead atoms. The van der Waals surface area contributed by atoms with Crippen molar-refractivity contribution >= 4 is 16.7 Å². The quantitative estimate of drug-likeness (QED) is 0.848. The van der Waals surface area contributed by atoms with Crippen molar-refractivity contribution in [3.63, 3.8) is 0 Å². The summed E-state index contributed by atoms with van der Waals surface area (Å²) in [6.45, 7) is 1.09. The standard InChI is InChI=1S/C11H10F3N3O/c12-11(13,14)10-9-7(17-4-6(15)5-17)2-1-3-8(9)18-16-10/h1-3,6H,4-5,15H2. The molecule has 1 aliphatic heterocycles. The van der Waals surface area contributed by atoms with Gasteiger partial charge in [-0.3, -0.25) is 0 Å². The number of fused-ring (bicyclic) bond motifs is 1. The molecule has 1 aromatic carbocycles. The lowest BCUT2D eigenvalue weighted by Crippen LogP contribution is -2.55. The molecule has 1 saturated heterocycles. The summed E-state index contributed by atoms with van der Waals surface area (Å²) in [6, 6.07) is 4.75. The molecule has 0 amide bonds. The molecular formula is C11H10F3N3O. The summed E-state index contributed by atoms with van der Waals surface area (Å²) in [4.78, 5) is 1.79. The molecule has 0 saturated carbocycles. The Labute approximate surface area is 100 Å². The first-order chi connectivity index (χ1) is 8.47. The zero-order valence-corrected chi connectivity index (χ0v) is 9.24. The molecule has 0 spiro atoms. The van der Waals surface area contributed by atoms with Gasteiger partial charge in [0.2, 0.25) is 0 Å². The van der Waals surface area contributed by atoms with E-state index >= 15 is 0 Å². The third kappa shape index (κ3) is 1.62. The highest BCUT2D eigenvalue weighted by atomic mass is 19.4. The number of hydrogen-bond donors (Lipinski definition) is 1. The lowest BCUT2D eigenvalue weighted by molar-refractivity contribution is -0.141. The van der Waals surface area contributed by atoms with Gasteiger partial charge in [0.15, 0.2) is 11.3 Å². The van der Waals surface area contributed by atoms with E-state index in [1.807, 2.05) is 0 Å². The summed E-state index contributed by atoms with van der Waals surface area (Å²) < 4.78 is 43.2. The van der Waals surface area contributed by atoms with Crippen molar-refractivity contribution in [2.24, 2.45) is 5.73 Å². The number of nitrogens with zero attached hydrogens (tertiary/aromatic N) is 2. The lowest BCUT2D eigenvalue weighted by atomic mass is 10.1. The SMILES string of the molecule is NC1CN(c2cccc3onc(C(F)(F)F)c23)C1. The van der Waals surface area contributed by atoms with E-state index in [9.17, 15) is 13.2 Å². The molecule has 0 unspecified atom stereocenters. The van der Waals surface area contributed by atoms with Gasteiger partial charge in [-0.25, -0.2) is 0 Å². The molecule has 1 aromatic heterocycles. The number of benzene rings is 1. The van der Waals surface area contributed by atoms with Gasteiger partial charge in [-0.1, -0.05) is 11.2 Å². The average molecular weight is 257 g/mol. The van der Waals surface area contributed by atoms with Crippen LogP contribution in [0, 0.1) is 0 Å². The van der Waals surface area contributed by atoms with Crippen molar-refractivity contribution in [1.82, 2.24) is 5.16 Å². The molecule has 0 aliphatic carbocycles. The molecule has 18 heavy (non-hydrogen) atoms. The molecule has 4 nitrogen and oxygen atoms in total. The Morgan fingerprint density at radius 1 is 1.33 bits per heavy atom. The molecule has 1 fully saturated rings. The van der Waals surface area contributed by atoms with Crippen LogP contribution in [0.25, 0.3) is 11.0 Å². The van der Waals surface area contributed by atoms with Gasteiger partial charge in [0.1, 0.15) is 0 Å². The van der Waals surface area contributed by atoms with Crippen molar-refractivity contribution in [1.29, 1.82) is 0 Å². The maximum atomic E-state index is 12.8. The second kappa shape index (κ2) is 3.61. The van der Waals surface area contributed by atoms with Crippen LogP contribution in [-0.2, 0) is 6.18 Å². The van der Waals surface area contributed by atoms with E-state index in [2.05, 4.69) is 5.16 Å². The van der Waals surface area contributed by atoms with Crippen LogP contribution in [0.2, 0.25) is 0 Å². The minimum Gasteiger partial charge on any atom is -0.368 e. The molecule has 2 heterocycles. The number of aromatic nitrogens is 1. The van der Waals surface area contributed by atoms with Crippen LogP contribution >= 0.6 is 0 Å². The van der Waals surface area contributed by atoms with Gasteiger partial charge in [-0.05, 0) is 12.1 Å². The van der Waals surface area contributed by atoms with Crippen molar-refractivity contribution in [2.45, 2.75) is 12.2 Å². The third-order valence-corrected chi connectivity index (χ3v) is 3.00. The first-order valence-electron chi connectivity index (χ1n) is 5.43. The van der Waals surface area contributed by atoms with Crippen LogP contribution in [0.5, 0.6) is 0 Å². The summed E-state index contributed by atoms with van der Waals surface area (Å²) in [5.41, 5.74) is 5.28. The van der Waals surface area contributed by atoms with Crippen LogP contribution < -0.4 is 10.6 Å². The summed E-state index contributed by atoms with van der Waals surface area (Å²) in [6.07, 6.45) is -4.52. The van der Waals surface area contributed by atoms with Crippen LogP contribution in [0.3, 0.4) is 0 Å². The second-order valence-electron chi connectivity index (χ2n) is 4.34. The Morgan fingerprint density at radius 2 is 2.06 bits per heavy atom. The molecule has 0 radical (unpaired) electrons. The first-order valence-corrected chi connectivity index (χ1v) is 5.43. The molecule has 0 atom stereocenters. The number of halogens is 3. The average Bonchev–Trinajstić information content (AvgIpc) is 2.67. The van der Waals surface area contributed by atoms with Crippen LogP contribution in [-0.4, -0.2) is 24.3 Å². The molecule has 2 N–H and O–H groups in total. The largest absolute Gasteiger partial charge is 0.437 e. The molecular weight excluding hydrogens is 247 g/mol. The van der Waals surface area contributed by atoms with Gasteiger partial charge in [0.25, 0.3) is 0 Å². The van der Waals surface area contributed by atoms with Gasteiger partial charge >= 0.3 is 6.18 Å². The predicted molar refractivity (Wildman–Crippen MR) is 59.2 cm³/mol. The fourth-order valence-corrected chi connectivity index (χ4v) is 2.14. The fourth-order valence-electron chi connectivity index (χ4n) is 2.14. The number of hydrogen-bond acceptors (Lipinski definition) is 4. The Hall–Kier alpha value is -1.76. The topological polar surface area (TPSA) is 55.3 Å². The number of anilines is 1. The van der Waals surface area contributed by atoms with E-state index in [0.29, 0.717) is 18.8 Å². The smallest absolute Gasteiger partial charge is 0.368 e. The van der Waals surface area contributed by atoms with Crippen LogP contribution in [0.15, 0.2) is 22.7 Å². The highest BCUT2D eigenvalue weighted by molar-refractivity contribution is 5.93. The summed E-state index contributed by atoms with van der Waals surface area (Å²) in [5, 5.41) is 3.14. The Balaban J connectivity index is 2.16. The van der Waals surface area contributed by atoms with Crippen molar-refractivity contribution in [3.8, 4) is 0 Å². The van der Waals surface area contributed by atoms with Crippen molar-refractivity contribution in [3.05, 3.63) is 23.9 Å². The zero-order valence-electron chi connectivity index (χ0n) is 9.24. The van der Waals surface area contributed by atoms with Gasteiger partial charge in [-0.2, -0.15) is 13.2 Å².